The maximum atomic E-state index is 12.3. The van der Waals surface area contributed by atoms with Gasteiger partial charge in [-0.3, -0.25) is 4.72 Å². The summed E-state index contributed by atoms with van der Waals surface area (Å²) in [6.45, 7) is 0. The number of alkyl halides is 3. The van der Waals surface area contributed by atoms with Gasteiger partial charge >= 0.3 is 6.36 Å². The van der Waals surface area contributed by atoms with E-state index < -0.39 is 22.1 Å². The second-order valence-electron chi connectivity index (χ2n) is 4.42. The molecule has 0 atom stereocenters. The van der Waals surface area contributed by atoms with E-state index in [1.807, 2.05) is 0 Å². The predicted molar refractivity (Wildman–Crippen MR) is 79.9 cm³/mol. The number of rotatable bonds is 5. The second kappa shape index (κ2) is 6.37. The van der Waals surface area contributed by atoms with Crippen LogP contribution in [0.2, 0.25) is 0 Å². The van der Waals surface area contributed by atoms with Crippen molar-refractivity contribution in [3.63, 3.8) is 0 Å². The average molecular weight is 346 g/mol. The highest BCUT2D eigenvalue weighted by Crippen LogP contribution is 2.26. The number of hydrogen-bond donors (Lipinski definition) is 2. The number of benzene rings is 2. The van der Waals surface area contributed by atoms with Crippen molar-refractivity contribution in [1.29, 1.82) is 0 Å². The molecule has 2 rings (SSSR count). The van der Waals surface area contributed by atoms with Crippen molar-refractivity contribution >= 4 is 21.4 Å². The third-order valence-electron chi connectivity index (χ3n) is 2.81. The molecule has 0 spiro atoms. The van der Waals surface area contributed by atoms with Gasteiger partial charge in [-0.2, -0.15) is 0 Å². The van der Waals surface area contributed by atoms with E-state index in [0.717, 1.165) is 24.3 Å². The maximum absolute atomic E-state index is 12.3. The first-order valence-corrected chi connectivity index (χ1v) is 7.85. The number of anilines is 2. The monoisotopic (exact) mass is 346 g/mol. The van der Waals surface area contributed by atoms with Gasteiger partial charge < -0.3 is 10.1 Å². The van der Waals surface area contributed by atoms with Crippen molar-refractivity contribution in [1.82, 2.24) is 0 Å². The molecule has 0 aromatic heterocycles. The molecule has 0 heterocycles. The minimum atomic E-state index is -4.83. The summed E-state index contributed by atoms with van der Waals surface area (Å²) in [7, 11) is -2.30. The van der Waals surface area contributed by atoms with Crippen LogP contribution in [-0.4, -0.2) is 21.8 Å². The van der Waals surface area contributed by atoms with Crippen LogP contribution in [0, 0.1) is 0 Å². The van der Waals surface area contributed by atoms with Gasteiger partial charge in [-0.1, -0.05) is 12.1 Å². The molecule has 0 amide bonds. The van der Waals surface area contributed by atoms with E-state index in [1.54, 1.807) is 31.3 Å². The van der Waals surface area contributed by atoms with Crippen LogP contribution in [0.4, 0.5) is 24.5 Å². The lowest BCUT2D eigenvalue weighted by Gasteiger charge is -2.13. The Morgan fingerprint density at radius 2 is 1.52 bits per heavy atom. The molecule has 5 nitrogen and oxygen atoms in total. The first kappa shape index (κ1) is 16.9. The van der Waals surface area contributed by atoms with Crippen LogP contribution in [0.5, 0.6) is 5.75 Å². The van der Waals surface area contributed by atoms with Crippen molar-refractivity contribution in [2.75, 3.05) is 17.1 Å². The summed E-state index contributed by atoms with van der Waals surface area (Å²) in [5, 5.41) is 2.83. The summed E-state index contributed by atoms with van der Waals surface area (Å²) in [6, 6.07) is 10.6. The number of ether oxygens (including phenoxy) is 1. The van der Waals surface area contributed by atoms with Crippen molar-refractivity contribution < 1.29 is 26.3 Å². The Labute approximate surface area is 131 Å². The van der Waals surface area contributed by atoms with E-state index in [4.69, 9.17) is 0 Å². The van der Waals surface area contributed by atoms with E-state index in [0.29, 0.717) is 11.4 Å². The zero-order valence-electron chi connectivity index (χ0n) is 11.9. The largest absolute Gasteiger partial charge is 0.573 e. The molecule has 2 aromatic carbocycles. The van der Waals surface area contributed by atoms with E-state index in [9.17, 15) is 21.6 Å². The Bertz CT molecular complexity index is 775. The minimum Gasteiger partial charge on any atom is -0.406 e. The van der Waals surface area contributed by atoms with Crippen molar-refractivity contribution in [2.45, 2.75) is 11.3 Å². The first-order chi connectivity index (χ1) is 10.7. The number of sulfonamides is 1. The average Bonchev–Trinajstić information content (AvgIpc) is 2.46. The second-order valence-corrected chi connectivity index (χ2v) is 6.10. The Morgan fingerprint density at radius 3 is 2.04 bits per heavy atom. The summed E-state index contributed by atoms with van der Waals surface area (Å²) >= 11 is 0. The molecule has 2 N–H and O–H groups in total. The highest BCUT2D eigenvalue weighted by molar-refractivity contribution is 7.92. The van der Waals surface area contributed by atoms with Crippen LogP contribution in [-0.2, 0) is 10.0 Å². The van der Waals surface area contributed by atoms with Crippen LogP contribution in [0.25, 0.3) is 0 Å². The minimum absolute atomic E-state index is 0.182. The smallest absolute Gasteiger partial charge is 0.406 e. The SMILES string of the molecule is CNc1ccccc1NS(=O)(=O)c1ccc(OC(F)(F)F)cc1. The van der Waals surface area contributed by atoms with E-state index >= 15 is 0 Å². The topological polar surface area (TPSA) is 67.4 Å². The number of nitrogens with one attached hydrogen (secondary N) is 2. The fourth-order valence-electron chi connectivity index (χ4n) is 1.81. The molecule has 23 heavy (non-hydrogen) atoms. The van der Waals surface area contributed by atoms with Gasteiger partial charge in [0.25, 0.3) is 10.0 Å². The van der Waals surface area contributed by atoms with Crippen molar-refractivity contribution in [2.24, 2.45) is 0 Å². The van der Waals surface area contributed by atoms with Gasteiger partial charge in [0.1, 0.15) is 5.75 Å². The van der Waals surface area contributed by atoms with Crippen LogP contribution in [0.15, 0.2) is 53.4 Å². The lowest BCUT2D eigenvalue weighted by molar-refractivity contribution is -0.274. The highest BCUT2D eigenvalue weighted by Gasteiger charge is 2.31. The summed E-state index contributed by atoms with van der Waals surface area (Å²) in [6.07, 6.45) is -4.83. The molecule has 0 saturated heterocycles. The quantitative estimate of drug-likeness (QED) is 0.870. The zero-order chi connectivity index (χ0) is 17.1. The third-order valence-corrected chi connectivity index (χ3v) is 4.19. The van der Waals surface area contributed by atoms with Gasteiger partial charge in [-0.05, 0) is 36.4 Å². The van der Waals surface area contributed by atoms with Crippen LogP contribution in [0.1, 0.15) is 0 Å². The van der Waals surface area contributed by atoms with Gasteiger partial charge in [0.2, 0.25) is 0 Å². The molecule has 124 valence electrons. The van der Waals surface area contributed by atoms with Crippen LogP contribution >= 0.6 is 0 Å². The standard InChI is InChI=1S/C14H13F3N2O3S/c1-18-12-4-2-3-5-13(12)19-23(20,21)11-8-6-10(7-9-11)22-14(15,16)17/h2-9,18-19H,1H3. The molecular formula is C14H13F3N2O3S. The Balaban J connectivity index is 2.23. The fraction of sp³-hybridized carbons (Fsp3) is 0.143. The lowest BCUT2D eigenvalue weighted by atomic mass is 10.3. The van der Waals surface area contributed by atoms with E-state index in [2.05, 4.69) is 14.8 Å². The molecule has 2 aromatic rings. The lowest BCUT2D eigenvalue weighted by Crippen LogP contribution is -2.17. The summed E-state index contributed by atoms with van der Waals surface area (Å²) in [5.74, 6) is -0.493. The van der Waals surface area contributed by atoms with Gasteiger partial charge in [0, 0.05) is 7.05 Å². The highest BCUT2D eigenvalue weighted by atomic mass is 32.2. The maximum Gasteiger partial charge on any atom is 0.573 e. The van der Waals surface area contributed by atoms with Gasteiger partial charge in [0.15, 0.2) is 0 Å². The van der Waals surface area contributed by atoms with Gasteiger partial charge in [0.05, 0.1) is 16.3 Å². The summed E-state index contributed by atoms with van der Waals surface area (Å²) < 4.78 is 66.9. The number of hydrogen-bond acceptors (Lipinski definition) is 4. The molecule has 0 aliphatic heterocycles. The fourth-order valence-corrected chi connectivity index (χ4v) is 2.89. The molecular weight excluding hydrogens is 333 g/mol. The van der Waals surface area contributed by atoms with Crippen molar-refractivity contribution in [3.05, 3.63) is 48.5 Å². The number of para-hydroxylation sites is 2. The van der Waals surface area contributed by atoms with Gasteiger partial charge in [-0.25, -0.2) is 8.42 Å². The third kappa shape index (κ3) is 4.52. The molecule has 0 bridgehead atoms. The van der Waals surface area contributed by atoms with E-state index in [-0.39, 0.29) is 4.90 Å². The van der Waals surface area contributed by atoms with E-state index in [1.165, 1.54) is 0 Å². The molecule has 0 aliphatic carbocycles. The Kier molecular flexibility index (Phi) is 4.69. The summed E-state index contributed by atoms with van der Waals surface area (Å²) in [4.78, 5) is -0.182. The first-order valence-electron chi connectivity index (χ1n) is 6.37. The van der Waals surface area contributed by atoms with Crippen LogP contribution in [0.3, 0.4) is 0 Å². The normalized spacial score (nSPS) is 11.8. The van der Waals surface area contributed by atoms with Crippen molar-refractivity contribution in [3.8, 4) is 5.75 Å². The molecule has 0 saturated carbocycles. The molecule has 0 radical (unpaired) electrons. The molecule has 0 aliphatic rings. The Hall–Kier alpha value is -2.42. The predicted octanol–water partition coefficient (Wildman–Crippen LogP) is 3.43. The molecule has 0 unspecified atom stereocenters. The summed E-state index contributed by atoms with van der Waals surface area (Å²) in [5.41, 5.74) is 0.888. The number of halogens is 3. The zero-order valence-corrected chi connectivity index (χ0v) is 12.7. The van der Waals surface area contributed by atoms with Crippen LogP contribution < -0.4 is 14.8 Å². The molecule has 0 fully saturated rings. The Morgan fingerprint density at radius 1 is 0.957 bits per heavy atom. The molecule has 9 heteroatoms. The van der Waals surface area contributed by atoms with Gasteiger partial charge in [-0.15, -0.1) is 13.2 Å².